The number of hydrogen-bond donors (Lipinski definition) is 0. The second-order valence-corrected chi connectivity index (χ2v) is 5.40. The van der Waals surface area contributed by atoms with Crippen LogP contribution in [0.15, 0.2) is 20.0 Å². The minimum atomic E-state index is -1.68. The predicted molar refractivity (Wildman–Crippen MR) is 80.3 cm³/mol. The molecule has 126 valence electrons. The molecule has 0 aromatic heterocycles. The molecule has 0 aromatic carbocycles. The quantitative estimate of drug-likeness (QED) is 0.449. The molecule has 1 fully saturated rings. The van der Waals surface area contributed by atoms with Crippen LogP contribution in [0.25, 0.3) is 0 Å². The Morgan fingerprint density at radius 3 is 2.17 bits per heavy atom. The van der Waals surface area contributed by atoms with E-state index >= 15 is 0 Å². The van der Waals surface area contributed by atoms with Gasteiger partial charge in [0, 0.05) is 0 Å². The summed E-state index contributed by atoms with van der Waals surface area (Å²) >= 11 is 0. The molecule has 0 bridgehead atoms. The minimum absolute atomic E-state index is 0.359. The standard InChI is InChI=1S/C15H16N4O5/c20-8-16-6-13(18-10-22)14(24)15(19-11-23,7-17-9-21)12-4-2-1-3-5-12/h12-13H,1-7H2. The zero-order valence-electron chi connectivity index (χ0n) is 12.9. The number of ketones is 1. The molecule has 0 saturated heterocycles. The van der Waals surface area contributed by atoms with Gasteiger partial charge in [0.05, 0.1) is 13.1 Å². The lowest BCUT2D eigenvalue weighted by Crippen LogP contribution is -2.52. The van der Waals surface area contributed by atoms with Crippen molar-refractivity contribution < 1.29 is 24.0 Å². The van der Waals surface area contributed by atoms with Gasteiger partial charge in [-0.2, -0.15) is 9.98 Å². The van der Waals surface area contributed by atoms with E-state index in [1.165, 1.54) is 24.3 Å². The van der Waals surface area contributed by atoms with Crippen molar-refractivity contribution in [2.45, 2.75) is 43.7 Å². The van der Waals surface area contributed by atoms with E-state index in [9.17, 15) is 24.0 Å². The normalized spacial score (nSPS) is 17.7. The van der Waals surface area contributed by atoms with Gasteiger partial charge in [-0.25, -0.2) is 29.2 Å². The van der Waals surface area contributed by atoms with Crippen LogP contribution in [-0.2, 0) is 24.0 Å². The third-order valence-corrected chi connectivity index (χ3v) is 4.18. The van der Waals surface area contributed by atoms with E-state index in [1.54, 1.807) is 0 Å². The van der Waals surface area contributed by atoms with Crippen molar-refractivity contribution >= 4 is 30.1 Å². The first-order valence-electron chi connectivity index (χ1n) is 7.43. The zero-order chi connectivity index (χ0) is 17.8. The van der Waals surface area contributed by atoms with Crippen LogP contribution in [0.1, 0.15) is 32.1 Å². The summed E-state index contributed by atoms with van der Waals surface area (Å²) in [6.45, 7) is -0.823. The van der Waals surface area contributed by atoms with Gasteiger partial charge in [-0.3, -0.25) is 4.79 Å². The summed E-state index contributed by atoms with van der Waals surface area (Å²) in [7, 11) is 0. The maximum Gasteiger partial charge on any atom is 0.236 e. The topological polar surface area (TPSA) is 135 Å². The number of isocyanates is 4. The highest BCUT2D eigenvalue weighted by molar-refractivity contribution is 5.95. The Bertz CT molecular complexity index is 647. The van der Waals surface area contributed by atoms with Crippen LogP contribution in [0.3, 0.4) is 0 Å². The van der Waals surface area contributed by atoms with Crippen molar-refractivity contribution in [3.8, 4) is 0 Å². The van der Waals surface area contributed by atoms with E-state index in [0.717, 1.165) is 19.3 Å². The molecular weight excluding hydrogens is 316 g/mol. The maximum atomic E-state index is 12.9. The third kappa shape index (κ3) is 4.59. The van der Waals surface area contributed by atoms with Gasteiger partial charge in [0.2, 0.25) is 24.3 Å². The van der Waals surface area contributed by atoms with E-state index in [0.29, 0.717) is 12.8 Å². The van der Waals surface area contributed by atoms with Gasteiger partial charge in [0.15, 0.2) is 11.3 Å². The lowest BCUT2D eigenvalue weighted by molar-refractivity contribution is -0.127. The number of Topliss-reactive ketones (excluding diaryl/α,β-unsaturated/α-hetero) is 1. The molecule has 1 aliphatic carbocycles. The van der Waals surface area contributed by atoms with Crippen LogP contribution >= 0.6 is 0 Å². The summed E-state index contributed by atoms with van der Waals surface area (Å²) in [6.07, 6.45) is 9.02. The Morgan fingerprint density at radius 2 is 1.62 bits per heavy atom. The third-order valence-electron chi connectivity index (χ3n) is 4.18. The monoisotopic (exact) mass is 332 g/mol. The Balaban J connectivity index is 3.37. The molecule has 2 atom stereocenters. The highest BCUT2D eigenvalue weighted by Gasteiger charge is 2.49. The number of carbonyl (C=O) groups is 1. The van der Waals surface area contributed by atoms with Crippen molar-refractivity contribution in [2.75, 3.05) is 13.1 Å². The van der Waals surface area contributed by atoms with Crippen molar-refractivity contribution in [3.63, 3.8) is 0 Å². The lowest BCUT2D eigenvalue weighted by Gasteiger charge is -2.36. The molecule has 0 amide bonds. The number of nitrogens with zero attached hydrogens (tertiary/aromatic N) is 4. The molecule has 0 aliphatic heterocycles. The average molecular weight is 332 g/mol. The van der Waals surface area contributed by atoms with E-state index in [2.05, 4.69) is 20.0 Å². The van der Waals surface area contributed by atoms with Gasteiger partial charge in [-0.05, 0) is 18.8 Å². The van der Waals surface area contributed by atoms with Crippen LogP contribution in [0.5, 0.6) is 0 Å². The molecule has 1 rings (SSSR count). The van der Waals surface area contributed by atoms with Gasteiger partial charge in [0.25, 0.3) is 0 Å². The van der Waals surface area contributed by atoms with E-state index in [1.807, 2.05) is 0 Å². The molecule has 1 saturated carbocycles. The Kier molecular flexibility index (Phi) is 8.06. The van der Waals surface area contributed by atoms with Crippen LogP contribution in [0, 0.1) is 5.92 Å². The molecule has 2 unspecified atom stereocenters. The molecular formula is C15H16N4O5. The Morgan fingerprint density at radius 1 is 0.958 bits per heavy atom. The average Bonchev–Trinajstić information content (AvgIpc) is 2.62. The van der Waals surface area contributed by atoms with Gasteiger partial charge in [0.1, 0.15) is 6.04 Å². The highest BCUT2D eigenvalue weighted by atomic mass is 16.1. The first kappa shape index (κ1) is 19.2. The zero-order valence-corrected chi connectivity index (χ0v) is 12.9. The number of carbonyl (C=O) groups excluding carboxylic acids is 5. The lowest BCUT2D eigenvalue weighted by atomic mass is 9.71. The summed E-state index contributed by atoms with van der Waals surface area (Å²) in [5, 5.41) is 0. The molecule has 0 spiro atoms. The smallest absolute Gasteiger partial charge is 0.236 e. The summed E-state index contributed by atoms with van der Waals surface area (Å²) in [5.41, 5.74) is -1.68. The highest BCUT2D eigenvalue weighted by Crippen LogP contribution is 2.37. The van der Waals surface area contributed by atoms with Gasteiger partial charge in [-0.1, -0.05) is 19.3 Å². The number of hydrogen-bond acceptors (Lipinski definition) is 9. The van der Waals surface area contributed by atoms with Crippen molar-refractivity contribution in [3.05, 3.63) is 0 Å². The SMILES string of the molecule is O=C=NCC(N=C=O)C(=O)C(CN=C=O)(N=C=O)C1CCCCC1. The second kappa shape index (κ2) is 10.1. The Hall–Kier alpha value is -2.81. The first-order valence-corrected chi connectivity index (χ1v) is 7.43. The fraction of sp³-hybridized carbons (Fsp3) is 0.667. The van der Waals surface area contributed by atoms with Crippen LogP contribution in [0.4, 0.5) is 0 Å². The summed E-state index contributed by atoms with van der Waals surface area (Å²) < 4.78 is 0. The van der Waals surface area contributed by atoms with Crippen molar-refractivity contribution in [1.29, 1.82) is 0 Å². The molecule has 0 heterocycles. The largest absolute Gasteiger partial charge is 0.294 e. The first-order chi connectivity index (χ1) is 11.7. The fourth-order valence-corrected chi connectivity index (χ4v) is 3.06. The van der Waals surface area contributed by atoms with Crippen molar-refractivity contribution in [2.24, 2.45) is 25.9 Å². The van der Waals surface area contributed by atoms with Crippen LogP contribution in [0.2, 0.25) is 0 Å². The number of rotatable bonds is 9. The molecule has 9 heteroatoms. The van der Waals surface area contributed by atoms with Crippen molar-refractivity contribution in [1.82, 2.24) is 0 Å². The molecule has 24 heavy (non-hydrogen) atoms. The molecule has 0 radical (unpaired) electrons. The van der Waals surface area contributed by atoms with E-state index in [-0.39, 0.29) is 5.92 Å². The minimum Gasteiger partial charge on any atom is -0.294 e. The van der Waals surface area contributed by atoms with E-state index < -0.39 is 30.5 Å². The molecule has 0 aromatic rings. The fourth-order valence-electron chi connectivity index (χ4n) is 3.06. The Labute approximate surface area is 137 Å². The predicted octanol–water partition coefficient (Wildman–Crippen LogP) is 0.586. The van der Waals surface area contributed by atoms with Crippen LogP contribution < -0.4 is 0 Å². The maximum absolute atomic E-state index is 12.9. The molecule has 1 aliphatic rings. The van der Waals surface area contributed by atoms with Gasteiger partial charge >= 0.3 is 0 Å². The second-order valence-electron chi connectivity index (χ2n) is 5.40. The van der Waals surface area contributed by atoms with Gasteiger partial charge < -0.3 is 0 Å². The molecule has 0 N–H and O–H groups in total. The summed E-state index contributed by atoms with van der Waals surface area (Å²) in [4.78, 5) is 69.0. The number of aliphatic imine (C=N–C) groups is 4. The summed E-state index contributed by atoms with van der Waals surface area (Å²) in [6, 6.07) is -1.36. The summed E-state index contributed by atoms with van der Waals surface area (Å²) in [5.74, 6) is -1.08. The van der Waals surface area contributed by atoms with E-state index in [4.69, 9.17) is 0 Å². The van der Waals surface area contributed by atoms with Gasteiger partial charge in [-0.15, -0.1) is 0 Å². The van der Waals surface area contributed by atoms with Crippen LogP contribution in [-0.4, -0.2) is 54.8 Å². The molecule has 9 nitrogen and oxygen atoms in total.